The van der Waals surface area contributed by atoms with Crippen LogP contribution in [0.2, 0.25) is 5.02 Å². The summed E-state index contributed by atoms with van der Waals surface area (Å²) < 4.78 is 0. The monoisotopic (exact) mass is 515 g/mol. The van der Waals surface area contributed by atoms with Crippen LogP contribution in [-0.2, 0) is 17.6 Å². The van der Waals surface area contributed by atoms with Gasteiger partial charge in [0.2, 0.25) is 5.91 Å². The molecule has 2 atom stereocenters. The molecule has 0 spiro atoms. The Balaban J connectivity index is 1.58. The minimum absolute atomic E-state index is 0.0307. The minimum atomic E-state index is -0.168. The Morgan fingerprint density at radius 3 is 2.54 bits per heavy atom. The maximum atomic E-state index is 13.5. The van der Waals surface area contributed by atoms with E-state index in [2.05, 4.69) is 43.2 Å². The Bertz CT molecular complexity index is 1060. The number of hydrogen-bond acceptors (Lipinski definition) is 4. The molecule has 1 saturated heterocycles. The molecular weight excluding hydrogens is 478 g/mol. The highest BCUT2D eigenvalue weighted by Gasteiger charge is 2.34. The zero-order chi connectivity index (χ0) is 25.2. The zero-order valence-electron chi connectivity index (χ0n) is 21.4. The number of likely N-dealkylation sites (tertiary alicyclic amines) is 1. The van der Waals surface area contributed by atoms with Gasteiger partial charge in [0.1, 0.15) is 5.00 Å². The first kappa shape index (κ1) is 26.2. The van der Waals surface area contributed by atoms with Gasteiger partial charge in [0, 0.05) is 21.6 Å². The van der Waals surface area contributed by atoms with Crippen molar-refractivity contribution in [3.8, 4) is 0 Å². The summed E-state index contributed by atoms with van der Waals surface area (Å²) in [4.78, 5) is 30.2. The van der Waals surface area contributed by atoms with Gasteiger partial charge in [-0.2, -0.15) is 0 Å². The van der Waals surface area contributed by atoms with Crippen LogP contribution >= 0.6 is 22.9 Å². The molecule has 2 N–H and O–H groups in total. The van der Waals surface area contributed by atoms with E-state index in [9.17, 15) is 9.59 Å². The largest absolute Gasteiger partial charge is 0.322 e. The number of anilines is 2. The molecular formula is C28H38ClN3O2S. The van der Waals surface area contributed by atoms with Crippen molar-refractivity contribution < 1.29 is 9.59 Å². The summed E-state index contributed by atoms with van der Waals surface area (Å²) in [6, 6.07) is 7.59. The van der Waals surface area contributed by atoms with E-state index >= 15 is 0 Å². The lowest BCUT2D eigenvalue weighted by atomic mass is 9.72. The lowest BCUT2D eigenvalue weighted by Crippen LogP contribution is -2.43. The van der Waals surface area contributed by atoms with Gasteiger partial charge in [-0.25, -0.2) is 0 Å². The number of carbonyl (C=O) groups is 2. The molecule has 1 aliphatic heterocycles. The van der Waals surface area contributed by atoms with E-state index in [0.29, 0.717) is 39.8 Å². The molecule has 0 saturated carbocycles. The molecule has 4 rings (SSSR count). The molecule has 2 heterocycles. The first-order chi connectivity index (χ1) is 16.7. The van der Waals surface area contributed by atoms with Crippen LogP contribution < -0.4 is 10.6 Å². The van der Waals surface area contributed by atoms with Gasteiger partial charge in [-0.1, -0.05) is 45.7 Å². The standard InChI is InChI=1S/C28H38ClN3O2S/c1-5-21-8-6-7-15-32(21)17-24(33)31-27-25(26(34)30-20-12-10-19(29)11-13-20)22-14-9-18(28(2,3)4)16-23(22)35-27/h10-13,18,21H,5-9,14-17H2,1-4H3,(H,30,34)(H,31,33). The highest BCUT2D eigenvalue weighted by molar-refractivity contribution is 7.17. The van der Waals surface area contributed by atoms with Gasteiger partial charge in [-0.15, -0.1) is 11.3 Å². The summed E-state index contributed by atoms with van der Waals surface area (Å²) in [6.07, 6.45) is 7.44. The highest BCUT2D eigenvalue weighted by Crippen LogP contribution is 2.44. The fraction of sp³-hybridized carbons (Fsp3) is 0.571. The average Bonchev–Trinajstić information content (AvgIpc) is 3.17. The Morgan fingerprint density at radius 2 is 1.86 bits per heavy atom. The zero-order valence-corrected chi connectivity index (χ0v) is 23.0. The van der Waals surface area contributed by atoms with Crippen molar-refractivity contribution in [1.82, 2.24) is 4.90 Å². The van der Waals surface area contributed by atoms with Crippen molar-refractivity contribution in [2.75, 3.05) is 23.7 Å². The number of nitrogens with one attached hydrogen (secondary N) is 2. The Morgan fingerprint density at radius 1 is 1.11 bits per heavy atom. The highest BCUT2D eigenvalue weighted by atomic mass is 35.5. The molecule has 2 aliphatic rings. The summed E-state index contributed by atoms with van der Waals surface area (Å²) in [5.41, 5.74) is 2.63. The molecule has 2 unspecified atom stereocenters. The predicted molar refractivity (Wildman–Crippen MR) is 147 cm³/mol. The summed E-state index contributed by atoms with van der Waals surface area (Å²) in [5, 5.41) is 7.48. The number of rotatable bonds is 6. The number of carbonyl (C=O) groups excluding carboxylic acids is 2. The van der Waals surface area contributed by atoms with Gasteiger partial charge in [0.05, 0.1) is 12.1 Å². The third-order valence-electron chi connectivity index (χ3n) is 7.64. The summed E-state index contributed by atoms with van der Waals surface area (Å²) in [5.74, 6) is 0.360. The van der Waals surface area contributed by atoms with Gasteiger partial charge in [0.15, 0.2) is 0 Å². The number of hydrogen-bond donors (Lipinski definition) is 2. The van der Waals surface area contributed by atoms with Gasteiger partial charge < -0.3 is 10.6 Å². The van der Waals surface area contributed by atoms with E-state index in [0.717, 1.165) is 50.6 Å². The number of fused-ring (bicyclic) bond motifs is 1. The van der Waals surface area contributed by atoms with E-state index < -0.39 is 0 Å². The van der Waals surface area contributed by atoms with Crippen LogP contribution in [0.1, 0.15) is 80.6 Å². The van der Waals surface area contributed by atoms with Crippen LogP contribution in [0, 0.1) is 11.3 Å². The number of halogens is 1. The topological polar surface area (TPSA) is 61.4 Å². The van der Waals surface area contributed by atoms with Gasteiger partial charge in [-0.3, -0.25) is 14.5 Å². The predicted octanol–water partition coefficient (Wildman–Crippen LogP) is 7.01. The number of benzene rings is 1. The van der Waals surface area contributed by atoms with Crippen LogP contribution in [0.4, 0.5) is 10.7 Å². The third kappa shape index (κ3) is 6.28. The number of thiophene rings is 1. The van der Waals surface area contributed by atoms with Crippen LogP contribution in [-0.4, -0.2) is 35.8 Å². The van der Waals surface area contributed by atoms with Crippen molar-refractivity contribution in [3.63, 3.8) is 0 Å². The lowest BCUT2D eigenvalue weighted by Gasteiger charge is -2.34. The van der Waals surface area contributed by atoms with Crippen molar-refractivity contribution in [2.24, 2.45) is 11.3 Å². The fourth-order valence-corrected chi connectivity index (χ4v) is 6.93. The number of amides is 2. The number of nitrogens with zero attached hydrogens (tertiary/aromatic N) is 1. The van der Waals surface area contributed by atoms with Crippen molar-refractivity contribution >= 4 is 45.4 Å². The van der Waals surface area contributed by atoms with Crippen LogP contribution in [0.25, 0.3) is 0 Å². The normalized spacial score (nSPS) is 20.8. The second-order valence-electron chi connectivity index (χ2n) is 11.1. The Kier molecular flexibility index (Phi) is 8.24. The summed E-state index contributed by atoms with van der Waals surface area (Å²) >= 11 is 7.60. The van der Waals surface area contributed by atoms with Gasteiger partial charge >= 0.3 is 0 Å². The lowest BCUT2D eigenvalue weighted by molar-refractivity contribution is -0.118. The third-order valence-corrected chi connectivity index (χ3v) is 9.06. The molecule has 0 radical (unpaired) electrons. The molecule has 5 nitrogen and oxygen atoms in total. The van der Waals surface area contributed by atoms with E-state index in [-0.39, 0.29) is 17.2 Å². The van der Waals surface area contributed by atoms with Crippen LogP contribution in [0.15, 0.2) is 24.3 Å². The quantitative estimate of drug-likeness (QED) is 0.435. The maximum Gasteiger partial charge on any atom is 0.258 e. The second-order valence-corrected chi connectivity index (χ2v) is 12.6. The van der Waals surface area contributed by atoms with Crippen molar-refractivity contribution in [3.05, 3.63) is 45.3 Å². The maximum absolute atomic E-state index is 13.5. The molecule has 35 heavy (non-hydrogen) atoms. The molecule has 1 fully saturated rings. The molecule has 2 amide bonds. The minimum Gasteiger partial charge on any atom is -0.322 e. The molecule has 2 aromatic rings. The summed E-state index contributed by atoms with van der Waals surface area (Å²) in [7, 11) is 0. The molecule has 1 aromatic carbocycles. The molecule has 0 bridgehead atoms. The van der Waals surface area contributed by atoms with E-state index in [1.165, 1.54) is 11.3 Å². The smallest absolute Gasteiger partial charge is 0.258 e. The molecule has 1 aliphatic carbocycles. The van der Waals surface area contributed by atoms with Crippen LogP contribution in [0.3, 0.4) is 0 Å². The molecule has 190 valence electrons. The second kappa shape index (κ2) is 11.0. The van der Waals surface area contributed by atoms with E-state index in [1.54, 1.807) is 35.6 Å². The number of piperidine rings is 1. The summed E-state index contributed by atoms with van der Waals surface area (Å²) in [6.45, 7) is 10.4. The van der Waals surface area contributed by atoms with E-state index in [4.69, 9.17) is 11.6 Å². The Hall–Kier alpha value is -1.89. The van der Waals surface area contributed by atoms with Gasteiger partial charge in [-0.05, 0) is 86.2 Å². The molecule has 1 aromatic heterocycles. The Labute approximate surface area is 218 Å². The molecule has 7 heteroatoms. The fourth-order valence-electron chi connectivity index (χ4n) is 5.46. The SMILES string of the molecule is CCC1CCCCN1CC(=O)Nc1sc2c(c1C(=O)Nc1ccc(Cl)cc1)CCC(C(C)(C)C)C2. The van der Waals surface area contributed by atoms with E-state index in [1.807, 2.05) is 0 Å². The van der Waals surface area contributed by atoms with Crippen LogP contribution in [0.5, 0.6) is 0 Å². The first-order valence-corrected chi connectivity index (χ1v) is 14.1. The first-order valence-electron chi connectivity index (χ1n) is 12.9. The average molecular weight is 516 g/mol. The van der Waals surface area contributed by atoms with Gasteiger partial charge in [0.25, 0.3) is 5.91 Å². The van der Waals surface area contributed by atoms with Crippen molar-refractivity contribution in [1.29, 1.82) is 0 Å². The van der Waals surface area contributed by atoms with Crippen molar-refractivity contribution in [2.45, 2.75) is 78.7 Å².